The van der Waals surface area contributed by atoms with E-state index in [1.807, 2.05) is 33.0 Å². The van der Waals surface area contributed by atoms with Crippen molar-refractivity contribution in [2.24, 2.45) is 0 Å². The molecule has 0 saturated carbocycles. The van der Waals surface area contributed by atoms with E-state index < -0.39 is 0 Å². The maximum Gasteiger partial charge on any atom is 0.125 e. The zero-order valence-electron chi connectivity index (χ0n) is 10.2. The van der Waals surface area contributed by atoms with Crippen LogP contribution >= 0.6 is 15.9 Å². The average Bonchev–Trinajstić information content (AvgIpc) is 2.31. The quantitative estimate of drug-likeness (QED) is 0.779. The molecule has 1 aromatic carbocycles. The maximum atomic E-state index is 4.46. The number of aryl methyl sites for hydroxylation is 2. The second-order valence-electron chi connectivity index (χ2n) is 3.27. The van der Waals surface area contributed by atoms with Crippen molar-refractivity contribution in [1.29, 1.82) is 0 Å². The molecule has 0 aliphatic heterocycles. The van der Waals surface area contributed by atoms with Crippen molar-refractivity contribution < 1.29 is 0 Å². The van der Waals surface area contributed by atoms with Gasteiger partial charge in [0.25, 0.3) is 0 Å². The standard InChI is InChI=1S/C11H11BrN2.C2H6/c1-3-8-4-10(12)5-9-6-13-7(2)14-11(8)9;1-2/h4-6H,3H2,1-2H3;1-2H3. The van der Waals surface area contributed by atoms with E-state index in [0.717, 1.165) is 27.6 Å². The van der Waals surface area contributed by atoms with Gasteiger partial charge in [-0.25, -0.2) is 9.97 Å². The highest BCUT2D eigenvalue weighted by Crippen LogP contribution is 2.22. The minimum atomic E-state index is 0.828. The first-order chi connectivity index (χ1) is 7.70. The summed E-state index contributed by atoms with van der Waals surface area (Å²) in [5.41, 5.74) is 2.34. The van der Waals surface area contributed by atoms with E-state index in [9.17, 15) is 0 Å². The highest BCUT2D eigenvalue weighted by Gasteiger charge is 2.03. The first-order valence-corrected chi connectivity index (χ1v) is 6.42. The summed E-state index contributed by atoms with van der Waals surface area (Å²) in [5, 5.41) is 1.10. The number of fused-ring (bicyclic) bond motifs is 1. The zero-order valence-corrected chi connectivity index (χ0v) is 11.8. The van der Waals surface area contributed by atoms with Crippen molar-refractivity contribution in [1.82, 2.24) is 9.97 Å². The summed E-state index contributed by atoms with van der Waals surface area (Å²) in [6.45, 7) is 8.06. The molecular weight excluding hydrogens is 264 g/mol. The minimum Gasteiger partial charge on any atom is -0.241 e. The van der Waals surface area contributed by atoms with E-state index >= 15 is 0 Å². The lowest BCUT2D eigenvalue weighted by molar-refractivity contribution is 1.07. The van der Waals surface area contributed by atoms with Gasteiger partial charge in [-0.15, -0.1) is 0 Å². The number of hydrogen-bond acceptors (Lipinski definition) is 2. The van der Waals surface area contributed by atoms with E-state index in [4.69, 9.17) is 0 Å². The van der Waals surface area contributed by atoms with Gasteiger partial charge in [-0.2, -0.15) is 0 Å². The van der Waals surface area contributed by atoms with Crippen molar-refractivity contribution in [2.75, 3.05) is 0 Å². The van der Waals surface area contributed by atoms with Gasteiger partial charge < -0.3 is 0 Å². The Morgan fingerprint density at radius 3 is 2.56 bits per heavy atom. The number of benzene rings is 1. The highest BCUT2D eigenvalue weighted by molar-refractivity contribution is 9.10. The Morgan fingerprint density at radius 2 is 1.94 bits per heavy atom. The molecule has 2 rings (SSSR count). The monoisotopic (exact) mass is 280 g/mol. The van der Waals surface area contributed by atoms with Crippen LogP contribution < -0.4 is 0 Å². The van der Waals surface area contributed by atoms with E-state index in [-0.39, 0.29) is 0 Å². The highest BCUT2D eigenvalue weighted by atomic mass is 79.9. The topological polar surface area (TPSA) is 25.8 Å². The van der Waals surface area contributed by atoms with Crippen LogP contribution in [0.4, 0.5) is 0 Å². The van der Waals surface area contributed by atoms with Crippen molar-refractivity contribution in [3.8, 4) is 0 Å². The lowest BCUT2D eigenvalue weighted by atomic mass is 10.1. The van der Waals surface area contributed by atoms with Gasteiger partial charge in [0, 0.05) is 16.1 Å². The predicted molar refractivity (Wildman–Crippen MR) is 72.7 cm³/mol. The Hall–Kier alpha value is -0.960. The fourth-order valence-corrected chi connectivity index (χ4v) is 2.06. The number of halogens is 1. The largest absolute Gasteiger partial charge is 0.241 e. The van der Waals surface area contributed by atoms with Gasteiger partial charge in [0.05, 0.1) is 5.52 Å². The molecule has 2 aromatic rings. The van der Waals surface area contributed by atoms with Crippen molar-refractivity contribution in [3.63, 3.8) is 0 Å². The van der Waals surface area contributed by atoms with Crippen LogP contribution in [0.25, 0.3) is 10.9 Å². The normalized spacial score (nSPS) is 9.81. The fourth-order valence-electron chi connectivity index (χ4n) is 1.54. The lowest BCUT2D eigenvalue weighted by Gasteiger charge is -2.04. The maximum absolute atomic E-state index is 4.46. The number of nitrogens with zero attached hydrogens (tertiary/aromatic N) is 2. The third-order valence-corrected chi connectivity index (χ3v) is 2.69. The molecule has 0 saturated heterocycles. The molecule has 0 fully saturated rings. The van der Waals surface area contributed by atoms with Crippen LogP contribution in [0, 0.1) is 6.92 Å². The Labute approximate surface area is 105 Å². The second-order valence-corrected chi connectivity index (χ2v) is 4.19. The Bertz CT molecular complexity index is 481. The van der Waals surface area contributed by atoms with Crippen LogP contribution in [0.2, 0.25) is 0 Å². The summed E-state index contributed by atoms with van der Waals surface area (Å²) in [7, 11) is 0. The van der Waals surface area contributed by atoms with E-state index in [1.165, 1.54) is 5.56 Å². The SMILES string of the molecule is CC.CCc1cc(Br)cc2cnc(C)nc12. The summed E-state index contributed by atoms with van der Waals surface area (Å²) >= 11 is 3.49. The van der Waals surface area contributed by atoms with Crippen LogP contribution in [0.5, 0.6) is 0 Å². The van der Waals surface area contributed by atoms with Crippen molar-refractivity contribution >= 4 is 26.8 Å². The first kappa shape index (κ1) is 13.1. The molecule has 0 unspecified atom stereocenters. The van der Waals surface area contributed by atoms with Crippen LogP contribution in [0.15, 0.2) is 22.8 Å². The minimum absolute atomic E-state index is 0.828. The summed E-state index contributed by atoms with van der Waals surface area (Å²) in [6, 6.07) is 4.17. The van der Waals surface area contributed by atoms with E-state index in [0.29, 0.717) is 0 Å². The van der Waals surface area contributed by atoms with Crippen LogP contribution in [-0.4, -0.2) is 9.97 Å². The summed E-state index contributed by atoms with van der Waals surface area (Å²) in [6.07, 6.45) is 2.87. The van der Waals surface area contributed by atoms with Crippen LogP contribution in [0.3, 0.4) is 0 Å². The van der Waals surface area contributed by atoms with E-state index in [1.54, 1.807) is 0 Å². The van der Waals surface area contributed by atoms with Gasteiger partial charge in [0.15, 0.2) is 0 Å². The zero-order chi connectivity index (χ0) is 12.1. The van der Waals surface area contributed by atoms with Crippen LogP contribution in [0.1, 0.15) is 32.2 Å². The predicted octanol–water partition coefficient (Wildman–Crippen LogP) is 4.29. The summed E-state index contributed by atoms with van der Waals surface area (Å²) in [5.74, 6) is 0.828. The van der Waals surface area contributed by atoms with Gasteiger partial charge in [0.1, 0.15) is 5.82 Å². The Kier molecular flexibility index (Phi) is 4.87. The second kappa shape index (κ2) is 5.94. The molecule has 1 heterocycles. The molecule has 3 heteroatoms. The fraction of sp³-hybridized carbons (Fsp3) is 0.385. The molecule has 1 aromatic heterocycles. The number of aromatic nitrogens is 2. The Morgan fingerprint density at radius 1 is 1.25 bits per heavy atom. The summed E-state index contributed by atoms with van der Waals surface area (Å²) < 4.78 is 1.09. The molecule has 16 heavy (non-hydrogen) atoms. The van der Waals surface area contributed by atoms with Crippen molar-refractivity contribution in [2.45, 2.75) is 34.1 Å². The third kappa shape index (κ3) is 2.79. The average molecular weight is 281 g/mol. The molecule has 0 aliphatic carbocycles. The number of hydrogen-bond donors (Lipinski definition) is 0. The molecule has 0 N–H and O–H groups in total. The molecule has 0 amide bonds. The lowest BCUT2D eigenvalue weighted by Crippen LogP contribution is -1.92. The van der Waals surface area contributed by atoms with Gasteiger partial charge in [0.2, 0.25) is 0 Å². The van der Waals surface area contributed by atoms with Crippen molar-refractivity contribution in [3.05, 3.63) is 34.2 Å². The van der Waals surface area contributed by atoms with Crippen LogP contribution in [-0.2, 0) is 6.42 Å². The molecule has 0 spiro atoms. The van der Waals surface area contributed by atoms with Gasteiger partial charge in [-0.3, -0.25) is 0 Å². The number of rotatable bonds is 1. The smallest absolute Gasteiger partial charge is 0.125 e. The van der Waals surface area contributed by atoms with Gasteiger partial charge in [-0.1, -0.05) is 36.7 Å². The van der Waals surface area contributed by atoms with Gasteiger partial charge >= 0.3 is 0 Å². The molecular formula is C13H17BrN2. The molecule has 0 atom stereocenters. The molecule has 0 radical (unpaired) electrons. The molecule has 0 bridgehead atoms. The molecule has 0 aliphatic rings. The Balaban J connectivity index is 0.000000606. The summed E-state index contributed by atoms with van der Waals surface area (Å²) in [4.78, 5) is 8.65. The first-order valence-electron chi connectivity index (χ1n) is 5.62. The molecule has 2 nitrogen and oxygen atoms in total. The van der Waals surface area contributed by atoms with Gasteiger partial charge in [-0.05, 0) is 31.0 Å². The molecule has 86 valence electrons. The van der Waals surface area contributed by atoms with E-state index in [2.05, 4.69) is 38.9 Å². The third-order valence-electron chi connectivity index (χ3n) is 2.23.